The zero-order valence-electron chi connectivity index (χ0n) is 18.8. The number of rotatable bonds is 5. The number of ether oxygens (including phenoxy) is 2. The maximum absolute atomic E-state index is 5.90. The van der Waals surface area contributed by atoms with Gasteiger partial charge in [0.05, 0.1) is 12.2 Å². The average Bonchev–Trinajstić information content (AvgIpc) is 3.62. The molecule has 2 aromatic carbocycles. The van der Waals surface area contributed by atoms with Gasteiger partial charge in [0.25, 0.3) is 5.89 Å². The summed E-state index contributed by atoms with van der Waals surface area (Å²) in [5.41, 5.74) is 4.94. The first kappa shape index (κ1) is 20.2. The Morgan fingerprint density at radius 1 is 0.882 bits per heavy atom. The minimum absolute atomic E-state index is 0.204. The van der Waals surface area contributed by atoms with E-state index in [9.17, 15) is 0 Å². The molecule has 10 heteroatoms. The fourth-order valence-corrected chi connectivity index (χ4v) is 3.72. The Morgan fingerprint density at radius 3 is 2.53 bits per heavy atom. The number of benzene rings is 2. The van der Waals surface area contributed by atoms with Crippen LogP contribution in [0, 0.1) is 20.8 Å². The minimum atomic E-state index is 0.204. The van der Waals surface area contributed by atoms with Crippen molar-refractivity contribution in [1.82, 2.24) is 30.1 Å². The smallest absolute Gasteiger partial charge is 0.280 e. The van der Waals surface area contributed by atoms with Crippen molar-refractivity contribution < 1.29 is 18.4 Å². The molecule has 0 N–H and O–H groups in total. The third-order valence-electron chi connectivity index (χ3n) is 5.73. The molecule has 0 saturated heterocycles. The summed E-state index contributed by atoms with van der Waals surface area (Å²) in [7, 11) is 0. The monoisotopic (exact) mass is 456 g/mol. The highest BCUT2D eigenvalue weighted by atomic mass is 16.7. The van der Waals surface area contributed by atoms with Crippen LogP contribution >= 0.6 is 0 Å². The van der Waals surface area contributed by atoms with Crippen LogP contribution in [0.1, 0.15) is 22.7 Å². The number of aromatic nitrogens is 6. The first-order chi connectivity index (χ1) is 16.5. The fraction of sp³-hybridized carbons (Fsp3) is 0.208. The molecule has 4 heterocycles. The lowest BCUT2D eigenvalue weighted by Crippen LogP contribution is -2.05. The number of aryl methyl sites for hydroxylation is 2. The summed E-state index contributed by atoms with van der Waals surface area (Å²) in [5, 5.41) is 12.6. The Balaban J connectivity index is 1.25. The summed E-state index contributed by atoms with van der Waals surface area (Å²) in [6.45, 7) is 6.45. The first-order valence-corrected chi connectivity index (χ1v) is 10.7. The van der Waals surface area contributed by atoms with Crippen LogP contribution in [0.25, 0.3) is 34.4 Å². The second-order valence-corrected chi connectivity index (χ2v) is 8.06. The van der Waals surface area contributed by atoms with Gasteiger partial charge in [0.15, 0.2) is 17.2 Å². The summed E-state index contributed by atoms with van der Waals surface area (Å²) in [4.78, 5) is 9.17. The molecule has 0 aliphatic carbocycles. The highest BCUT2D eigenvalue weighted by molar-refractivity contribution is 5.63. The van der Waals surface area contributed by atoms with Gasteiger partial charge in [-0.2, -0.15) is 4.98 Å². The molecular weight excluding hydrogens is 436 g/mol. The predicted molar refractivity (Wildman–Crippen MR) is 120 cm³/mol. The maximum Gasteiger partial charge on any atom is 0.280 e. The van der Waals surface area contributed by atoms with E-state index in [1.165, 1.54) is 5.56 Å². The van der Waals surface area contributed by atoms with Crippen molar-refractivity contribution >= 4 is 0 Å². The molecule has 0 spiro atoms. The van der Waals surface area contributed by atoms with Crippen molar-refractivity contribution in [3.05, 3.63) is 65.2 Å². The molecule has 170 valence electrons. The fourth-order valence-electron chi connectivity index (χ4n) is 3.72. The van der Waals surface area contributed by atoms with Gasteiger partial charge in [0.2, 0.25) is 18.5 Å². The lowest BCUT2D eigenvalue weighted by molar-refractivity contribution is 0.174. The van der Waals surface area contributed by atoms with Crippen molar-refractivity contribution in [2.45, 2.75) is 27.3 Å². The van der Waals surface area contributed by atoms with Crippen molar-refractivity contribution in [3.8, 4) is 45.9 Å². The SMILES string of the molecule is Cc1ccc(-c2nc(Cn3nnc(-c4nc(-c5ccc6c(c5)OCO6)no4)c3C)c(C)o2)cc1. The van der Waals surface area contributed by atoms with E-state index in [-0.39, 0.29) is 12.7 Å². The average molecular weight is 456 g/mol. The molecule has 10 nitrogen and oxygen atoms in total. The molecule has 1 aliphatic rings. The largest absolute Gasteiger partial charge is 0.454 e. The molecule has 34 heavy (non-hydrogen) atoms. The summed E-state index contributed by atoms with van der Waals surface area (Å²) in [5.74, 6) is 3.37. The van der Waals surface area contributed by atoms with Crippen molar-refractivity contribution in [2.75, 3.05) is 6.79 Å². The molecule has 0 amide bonds. The standard InChI is InChI=1S/C24H20N6O4/c1-13-4-6-16(7-5-13)23-25-18(15(3)33-23)11-30-14(2)21(27-29-30)24-26-22(28-34-24)17-8-9-19-20(10-17)32-12-31-19/h4-10H,11-12H2,1-3H3. The van der Waals surface area contributed by atoms with E-state index in [1.54, 1.807) is 4.68 Å². The number of fused-ring (bicyclic) bond motifs is 1. The molecule has 0 fully saturated rings. The Labute approximate surface area is 194 Å². The van der Waals surface area contributed by atoms with Crippen molar-refractivity contribution in [2.24, 2.45) is 0 Å². The highest BCUT2D eigenvalue weighted by Gasteiger charge is 2.21. The number of hydrogen-bond acceptors (Lipinski definition) is 9. The molecule has 5 aromatic rings. The maximum atomic E-state index is 5.90. The lowest BCUT2D eigenvalue weighted by Gasteiger charge is -2.00. The predicted octanol–water partition coefficient (Wildman–Crippen LogP) is 4.35. The van der Waals surface area contributed by atoms with Crippen LogP contribution < -0.4 is 9.47 Å². The van der Waals surface area contributed by atoms with Crippen LogP contribution in [0.4, 0.5) is 0 Å². The second kappa shape index (κ2) is 7.84. The normalized spacial score (nSPS) is 12.4. The summed E-state index contributed by atoms with van der Waals surface area (Å²) in [6.07, 6.45) is 0. The molecule has 1 aliphatic heterocycles. The summed E-state index contributed by atoms with van der Waals surface area (Å²) >= 11 is 0. The molecule has 0 bridgehead atoms. The van der Waals surface area contributed by atoms with Crippen LogP contribution in [0.3, 0.4) is 0 Å². The van der Waals surface area contributed by atoms with Gasteiger partial charge in [-0.05, 0) is 51.1 Å². The van der Waals surface area contributed by atoms with Crippen molar-refractivity contribution in [3.63, 3.8) is 0 Å². The van der Waals surface area contributed by atoms with Gasteiger partial charge in [0, 0.05) is 11.1 Å². The van der Waals surface area contributed by atoms with Crippen LogP contribution in [-0.2, 0) is 6.54 Å². The van der Waals surface area contributed by atoms with E-state index in [1.807, 2.05) is 63.2 Å². The quantitative estimate of drug-likeness (QED) is 0.381. The molecule has 0 atom stereocenters. The Morgan fingerprint density at radius 2 is 1.68 bits per heavy atom. The lowest BCUT2D eigenvalue weighted by atomic mass is 10.1. The number of oxazole rings is 1. The van der Waals surface area contributed by atoms with Gasteiger partial charge in [-0.3, -0.25) is 0 Å². The van der Waals surface area contributed by atoms with Gasteiger partial charge >= 0.3 is 0 Å². The van der Waals surface area contributed by atoms with Gasteiger partial charge in [0.1, 0.15) is 11.5 Å². The van der Waals surface area contributed by atoms with Gasteiger partial charge in [-0.25, -0.2) is 9.67 Å². The zero-order chi connectivity index (χ0) is 23.2. The summed E-state index contributed by atoms with van der Waals surface area (Å²) < 4.78 is 23.9. The third-order valence-corrected chi connectivity index (χ3v) is 5.73. The molecule has 6 rings (SSSR count). The number of nitrogens with zero attached hydrogens (tertiary/aromatic N) is 6. The van der Waals surface area contributed by atoms with E-state index in [2.05, 4.69) is 25.4 Å². The van der Waals surface area contributed by atoms with Gasteiger partial charge in [-0.1, -0.05) is 28.1 Å². The Kier molecular flexibility index (Phi) is 4.65. The van der Waals surface area contributed by atoms with Gasteiger partial charge in [-0.15, -0.1) is 5.10 Å². The number of hydrogen-bond donors (Lipinski definition) is 0. The molecule has 0 saturated carbocycles. The van der Waals surface area contributed by atoms with E-state index >= 15 is 0 Å². The summed E-state index contributed by atoms with van der Waals surface area (Å²) in [6, 6.07) is 13.5. The minimum Gasteiger partial charge on any atom is -0.454 e. The topological polar surface area (TPSA) is 114 Å². The molecule has 0 unspecified atom stereocenters. The van der Waals surface area contributed by atoms with E-state index in [0.717, 1.165) is 28.3 Å². The second-order valence-electron chi connectivity index (χ2n) is 8.06. The Bertz CT molecular complexity index is 1500. The van der Waals surface area contributed by atoms with Crippen LogP contribution in [0.5, 0.6) is 11.5 Å². The third kappa shape index (κ3) is 3.49. The van der Waals surface area contributed by atoms with Crippen LogP contribution in [0.15, 0.2) is 51.4 Å². The first-order valence-electron chi connectivity index (χ1n) is 10.7. The zero-order valence-corrected chi connectivity index (χ0v) is 18.8. The Hall–Kier alpha value is -4.47. The molecule has 0 radical (unpaired) electrons. The van der Waals surface area contributed by atoms with E-state index < -0.39 is 0 Å². The van der Waals surface area contributed by atoms with E-state index in [4.69, 9.17) is 18.4 Å². The van der Waals surface area contributed by atoms with Crippen LogP contribution in [-0.4, -0.2) is 36.9 Å². The molecule has 3 aromatic heterocycles. The highest BCUT2D eigenvalue weighted by Crippen LogP contribution is 2.35. The van der Waals surface area contributed by atoms with Crippen molar-refractivity contribution in [1.29, 1.82) is 0 Å². The van der Waals surface area contributed by atoms with E-state index in [0.29, 0.717) is 35.5 Å². The molecular formula is C24H20N6O4. The van der Waals surface area contributed by atoms with Gasteiger partial charge < -0.3 is 18.4 Å². The van der Waals surface area contributed by atoms with Crippen LogP contribution in [0.2, 0.25) is 0 Å².